The van der Waals surface area contributed by atoms with Gasteiger partial charge in [-0.3, -0.25) is 0 Å². The highest BCUT2D eigenvalue weighted by atomic mass is 32.2. The van der Waals surface area contributed by atoms with Crippen molar-refractivity contribution in [2.24, 2.45) is 0 Å². The summed E-state index contributed by atoms with van der Waals surface area (Å²) in [7, 11) is 0. The van der Waals surface area contributed by atoms with E-state index in [-0.39, 0.29) is 0 Å². The van der Waals surface area contributed by atoms with Crippen molar-refractivity contribution < 1.29 is 4.74 Å². The molecular weight excluding hydrogens is 230 g/mol. The second-order valence-electron chi connectivity index (χ2n) is 4.28. The predicted octanol–water partition coefficient (Wildman–Crippen LogP) is 3.15. The fourth-order valence-electron chi connectivity index (χ4n) is 1.97. The predicted molar refractivity (Wildman–Crippen MR) is 73.4 cm³/mol. The average molecular weight is 251 g/mol. The number of rotatable bonds is 4. The molecule has 0 N–H and O–H groups in total. The third-order valence-corrected chi connectivity index (χ3v) is 4.32. The van der Waals surface area contributed by atoms with Gasteiger partial charge in [-0.2, -0.15) is 0 Å². The van der Waals surface area contributed by atoms with Crippen LogP contribution >= 0.6 is 11.9 Å². The zero-order valence-corrected chi connectivity index (χ0v) is 11.6. The van der Waals surface area contributed by atoms with E-state index in [2.05, 4.69) is 36.4 Å². The van der Waals surface area contributed by atoms with Crippen LogP contribution in [0, 0.1) is 0 Å². The van der Waals surface area contributed by atoms with Crippen LogP contribution in [0.15, 0.2) is 23.1 Å². The number of ether oxygens (including phenoxy) is 1. The molecule has 0 atom stereocenters. The second kappa shape index (κ2) is 6.43. The van der Waals surface area contributed by atoms with Crippen LogP contribution in [-0.4, -0.2) is 30.6 Å². The van der Waals surface area contributed by atoms with Gasteiger partial charge in [-0.25, -0.2) is 4.31 Å². The van der Waals surface area contributed by atoms with Gasteiger partial charge in [0, 0.05) is 18.0 Å². The van der Waals surface area contributed by atoms with Gasteiger partial charge in [-0.05, 0) is 42.0 Å². The number of nitrogens with zero attached hydrogens (tertiary/aromatic N) is 1. The van der Waals surface area contributed by atoms with E-state index in [1.54, 1.807) is 0 Å². The van der Waals surface area contributed by atoms with Crippen LogP contribution < -0.4 is 0 Å². The van der Waals surface area contributed by atoms with E-state index in [0.29, 0.717) is 0 Å². The van der Waals surface area contributed by atoms with E-state index >= 15 is 0 Å². The van der Waals surface area contributed by atoms with Gasteiger partial charge in [0.15, 0.2) is 0 Å². The maximum Gasteiger partial charge on any atom is 0.0603 e. The summed E-state index contributed by atoms with van der Waals surface area (Å²) in [6.45, 7) is 8.23. The summed E-state index contributed by atoms with van der Waals surface area (Å²) < 4.78 is 7.80. The van der Waals surface area contributed by atoms with E-state index in [4.69, 9.17) is 4.74 Å². The van der Waals surface area contributed by atoms with Gasteiger partial charge >= 0.3 is 0 Å². The van der Waals surface area contributed by atoms with E-state index in [1.165, 1.54) is 16.0 Å². The molecule has 1 aromatic carbocycles. The van der Waals surface area contributed by atoms with Crippen LogP contribution in [0.5, 0.6) is 0 Å². The lowest BCUT2D eigenvalue weighted by atomic mass is 10.1. The molecule has 1 aliphatic heterocycles. The summed E-state index contributed by atoms with van der Waals surface area (Å²) >= 11 is 1.90. The van der Waals surface area contributed by atoms with Crippen LogP contribution in [0.25, 0.3) is 0 Å². The SMILES string of the molecule is CCc1ccc(CC)c(SN2CCOCC2)c1. The zero-order chi connectivity index (χ0) is 12.1. The van der Waals surface area contributed by atoms with Gasteiger partial charge in [0.1, 0.15) is 0 Å². The standard InChI is InChI=1S/C14H21NOS/c1-3-12-5-6-13(4-2)14(11-12)17-15-7-9-16-10-8-15/h5-6,11H,3-4,7-10H2,1-2H3. The molecule has 0 amide bonds. The molecule has 0 aliphatic carbocycles. The molecule has 2 nitrogen and oxygen atoms in total. The molecule has 0 aromatic heterocycles. The minimum absolute atomic E-state index is 0.863. The lowest BCUT2D eigenvalue weighted by Crippen LogP contribution is -2.31. The lowest BCUT2D eigenvalue weighted by molar-refractivity contribution is 0.0773. The first-order chi connectivity index (χ1) is 8.33. The quantitative estimate of drug-likeness (QED) is 0.763. The molecule has 0 radical (unpaired) electrons. The Bertz CT molecular complexity index is 361. The fourth-order valence-corrected chi connectivity index (χ4v) is 3.12. The Labute approximate surface area is 108 Å². The first kappa shape index (κ1) is 12.9. The molecule has 17 heavy (non-hydrogen) atoms. The van der Waals surface area contributed by atoms with Crippen molar-refractivity contribution in [3.8, 4) is 0 Å². The molecule has 0 unspecified atom stereocenters. The first-order valence-corrected chi connectivity index (χ1v) is 7.23. The van der Waals surface area contributed by atoms with Crippen LogP contribution in [0.1, 0.15) is 25.0 Å². The van der Waals surface area contributed by atoms with Gasteiger partial charge in [0.25, 0.3) is 0 Å². The molecule has 1 aliphatic rings. The first-order valence-electron chi connectivity index (χ1n) is 6.46. The lowest BCUT2D eigenvalue weighted by Gasteiger charge is -2.26. The van der Waals surface area contributed by atoms with E-state index in [0.717, 1.165) is 39.1 Å². The van der Waals surface area contributed by atoms with E-state index in [9.17, 15) is 0 Å². The highest BCUT2D eigenvalue weighted by Gasteiger charge is 2.13. The molecule has 2 rings (SSSR count). The Balaban J connectivity index is 2.11. The molecule has 0 saturated carbocycles. The molecule has 0 spiro atoms. The summed E-state index contributed by atoms with van der Waals surface area (Å²) in [5.74, 6) is 0. The highest BCUT2D eigenvalue weighted by Crippen LogP contribution is 2.28. The Morgan fingerprint density at radius 2 is 1.94 bits per heavy atom. The van der Waals surface area contributed by atoms with Crippen molar-refractivity contribution >= 4 is 11.9 Å². The van der Waals surface area contributed by atoms with Crippen molar-refractivity contribution in [3.05, 3.63) is 29.3 Å². The number of hydrogen-bond donors (Lipinski definition) is 0. The molecule has 1 saturated heterocycles. The normalized spacial score (nSPS) is 17.3. The number of morpholine rings is 1. The summed E-state index contributed by atoms with van der Waals surface area (Å²) in [6, 6.07) is 6.88. The van der Waals surface area contributed by atoms with Gasteiger partial charge in [-0.15, -0.1) is 0 Å². The largest absolute Gasteiger partial charge is 0.379 e. The summed E-state index contributed by atoms with van der Waals surface area (Å²) in [5, 5.41) is 0. The van der Waals surface area contributed by atoms with Crippen LogP contribution in [0.2, 0.25) is 0 Å². The summed E-state index contributed by atoms with van der Waals surface area (Å²) in [5.41, 5.74) is 2.89. The van der Waals surface area contributed by atoms with Crippen molar-refractivity contribution in [2.45, 2.75) is 31.6 Å². The highest BCUT2D eigenvalue weighted by molar-refractivity contribution is 7.97. The van der Waals surface area contributed by atoms with E-state index in [1.807, 2.05) is 11.9 Å². The van der Waals surface area contributed by atoms with Crippen molar-refractivity contribution in [2.75, 3.05) is 26.3 Å². The Hall–Kier alpha value is -0.510. The van der Waals surface area contributed by atoms with Gasteiger partial charge in [0.2, 0.25) is 0 Å². The van der Waals surface area contributed by atoms with Crippen molar-refractivity contribution in [3.63, 3.8) is 0 Å². The van der Waals surface area contributed by atoms with Crippen LogP contribution in [0.4, 0.5) is 0 Å². The third-order valence-electron chi connectivity index (χ3n) is 3.12. The fraction of sp³-hybridized carbons (Fsp3) is 0.571. The molecule has 94 valence electrons. The number of hydrogen-bond acceptors (Lipinski definition) is 3. The molecule has 1 aromatic rings. The maximum atomic E-state index is 5.38. The molecule has 1 heterocycles. The molecule has 0 bridgehead atoms. The van der Waals surface area contributed by atoms with Gasteiger partial charge in [0.05, 0.1) is 13.2 Å². The van der Waals surface area contributed by atoms with Gasteiger partial charge in [-0.1, -0.05) is 26.0 Å². The zero-order valence-electron chi connectivity index (χ0n) is 10.7. The Morgan fingerprint density at radius 1 is 1.18 bits per heavy atom. The average Bonchev–Trinajstić information content (AvgIpc) is 2.40. The van der Waals surface area contributed by atoms with Crippen molar-refractivity contribution in [1.29, 1.82) is 0 Å². The third kappa shape index (κ3) is 3.47. The summed E-state index contributed by atoms with van der Waals surface area (Å²) in [4.78, 5) is 1.42. The van der Waals surface area contributed by atoms with Crippen LogP contribution in [0.3, 0.4) is 0 Å². The Kier molecular flexibility index (Phi) is 4.89. The maximum absolute atomic E-state index is 5.38. The summed E-state index contributed by atoms with van der Waals surface area (Å²) in [6.07, 6.45) is 2.22. The molecular formula is C14H21NOS. The van der Waals surface area contributed by atoms with Gasteiger partial charge < -0.3 is 4.74 Å². The molecule has 3 heteroatoms. The van der Waals surface area contributed by atoms with E-state index < -0.39 is 0 Å². The number of aryl methyl sites for hydroxylation is 2. The topological polar surface area (TPSA) is 12.5 Å². The minimum atomic E-state index is 0.863. The number of benzene rings is 1. The van der Waals surface area contributed by atoms with Crippen molar-refractivity contribution in [1.82, 2.24) is 4.31 Å². The monoisotopic (exact) mass is 251 g/mol. The second-order valence-corrected chi connectivity index (χ2v) is 5.42. The smallest absolute Gasteiger partial charge is 0.0603 e. The molecule has 1 fully saturated rings. The Morgan fingerprint density at radius 3 is 2.59 bits per heavy atom. The minimum Gasteiger partial charge on any atom is -0.379 e. The van der Waals surface area contributed by atoms with Crippen LogP contribution in [-0.2, 0) is 17.6 Å².